The SMILES string of the molecule is N#Cc1cccc(S(=O)(=O)N[C@H]2C[C@@H](Nc3c(-c4nc(CCO)cs4)cnc4[nH]ccc34)C2)c1. The number of rotatable bonds is 8. The van der Waals surface area contributed by atoms with Crippen LogP contribution in [0.5, 0.6) is 0 Å². The summed E-state index contributed by atoms with van der Waals surface area (Å²) in [4.78, 5) is 12.4. The summed E-state index contributed by atoms with van der Waals surface area (Å²) in [6, 6.07) is 9.81. The van der Waals surface area contributed by atoms with Crippen molar-refractivity contribution in [2.75, 3.05) is 11.9 Å². The molecule has 9 nitrogen and oxygen atoms in total. The molecule has 0 unspecified atom stereocenters. The number of aliphatic hydroxyl groups excluding tert-OH is 1. The van der Waals surface area contributed by atoms with Crippen LogP contribution in [0.25, 0.3) is 21.6 Å². The summed E-state index contributed by atoms with van der Waals surface area (Å²) >= 11 is 1.50. The quantitative estimate of drug-likeness (QED) is 0.295. The minimum atomic E-state index is -3.70. The van der Waals surface area contributed by atoms with Crippen LogP contribution >= 0.6 is 11.3 Å². The van der Waals surface area contributed by atoms with Gasteiger partial charge in [-0.05, 0) is 37.1 Å². The standard InChI is InChI=1S/C23H22N6O3S2/c24-11-14-2-1-3-18(8-14)34(31,32)29-17-9-16(10-17)27-21-19-4-6-25-22(19)26-12-20(21)23-28-15(5-7-30)13-33-23/h1-4,6,8,12-13,16-17,29-30H,5,7,9-10H2,(H2,25,26,27)/t16-,17+. The number of pyridine rings is 1. The van der Waals surface area contributed by atoms with E-state index in [2.05, 4.69) is 25.0 Å². The largest absolute Gasteiger partial charge is 0.396 e. The lowest BCUT2D eigenvalue weighted by atomic mass is 9.87. The molecule has 0 saturated heterocycles. The first-order valence-electron chi connectivity index (χ1n) is 10.8. The number of fused-ring (bicyclic) bond motifs is 1. The smallest absolute Gasteiger partial charge is 0.240 e. The van der Waals surface area contributed by atoms with Gasteiger partial charge in [0.15, 0.2) is 0 Å². The highest BCUT2D eigenvalue weighted by molar-refractivity contribution is 7.89. The monoisotopic (exact) mass is 494 g/mol. The third kappa shape index (κ3) is 4.41. The number of benzene rings is 1. The predicted molar refractivity (Wildman–Crippen MR) is 130 cm³/mol. The molecule has 5 rings (SSSR count). The Labute approximate surface area is 200 Å². The van der Waals surface area contributed by atoms with E-state index in [9.17, 15) is 13.5 Å². The number of hydrogen-bond acceptors (Lipinski definition) is 8. The van der Waals surface area contributed by atoms with Crippen molar-refractivity contribution < 1.29 is 13.5 Å². The van der Waals surface area contributed by atoms with Crippen LogP contribution in [0.4, 0.5) is 5.69 Å². The number of nitrogens with one attached hydrogen (secondary N) is 3. The lowest BCUT2D eigenvalue weighted by Crippen LogP contribution is -2.49. The van der Waals surface area contributed by atoms with Crippen LogP contribution < -0.4 is 10.0 Å². The van der Waals surface area contributed by atoms with Gasteiger partial charge >= 0.3 is 0 Å². The van der Waals surface area contributed by atoms with E-state index < -0.39 is 10.0 Å². The van der Waals surface area contributed by atoms with Crippen molar-refractivity contribution in [2.24, 2.45) is 0 Å². The summed E-state index contributed by atoms with van der Waals surface area (Å²) in [5.74, 6) is 0. The number of sulfonamides is 1. The second-order valence-electron chi connectivity index (χ2n) is 8.17. The van der Waals surface area contributed by atoms with E-state index in [4.69, 9.17) is 5.26 Å². The number of hydrogen-bond donors (Lipinski definition) is 4. The zero-order valence-electron chi connectivity index (χ0n) is 18.0. The molecule has 3 aromatic heterocycles. The van der Waals surface area contributed by atoms with Crippen LogP contribution in [-0.2, 0) is 16.4 Å². The highest BCUT2D eigenvalue weighted by Crippen LogP contribution is 2.37. The third-order valence-corrected chi connectivity index (χ3v) is 8.26. The topological polar surface area (TPSA) is 144 Å². The molecule has 3 heterocycles. The Hall–Kier alpha value is -3.30. The molecule has 0 spiro atoms. The second-order valence-corrected chi connectivity index (χ2v) is 10.7. The lowest BCUT2D eigenvalue weighted by molar-refractivity contribution is 0.298. The maximum absolute atomic E-state index is 12.7. The molecule has 34 heavy (non-hydrogen) atoms. The summed E-state index contributed by atoms with van der Waals surface area (Å²) in [6.07, 6.45) is 5.36. The van der Waals surface area contributed by atoms with E-state index in [1.807, 2.05) is 23.7 Å². The van der Waals surface area contributed by atoms with E-state index in [1.54, 1.807) is 18.3 Å². The number of aliphatic hydroxyl groups is 1. The Morgan fingerprint density at radius 2 is 2.12 bits per heavy atom. The van der Waals surface area contributed by atoms with E-state index >= 15 is 0 Å². The molecule has 11 heteroatoms. The van der Waals surface area contributed by atoms with Crippen molar-refractivity contribution in [2.45, 2.75) is 36.2 Å². The van der Waals surface area contributed by atoms with E-state index in [0.717, 1.165) is 33.0 Å². The van der Waals surface area contributed by atoms with E-state index in [-0.39, 0.29) is 23.6 Å². The first-order chi connectivity index (χ1) is 16.5. The predicted octanol–water partition coefficient (Wildman–Crippen LogP) is 3.01. The number of nitrogens with zero attached hydrogens (tertiary/aromatic N) is 3. The van der Waals surface area contributed by atoms with Crippen LogP contribution in [0.3, 0.4) is 0 Å². The van der Waals surface area contributed by atoms with Gasteiger partial charge in [-0.1, -0.05) is 6.07 Å². The average Bonchev–Trinajstić information content (AvgIpc) is 3.47. The zero-order valence-corrected chi connectivity index (χ0v) is 19.7. The molecule has 4 N–H and O–H groups in total. The summed E-state index contributed by atoms with van der Waals surface area (Å²) in [5, 5.41) is 25.5. The van der Waals surface area contributed by atoms with Gasteiger partial charge in [-0.2, -0.15) is 5.26 Å². The minimum absolute atomic E-state index is 0.0452. The number of aromatic nitrogens is 3. The molecule has 174 valence electrons. The Morgan fingerprint density at radius 1 is 1.26 bits per heavy atom. The van der Waals surface area contributed by atoms with Crippen LogP contribution in [0.15, 0.2) is 53.0 Å². The van der Waals surface area contributed by atoms with Crippen LogP contribution in [-0.4, -0.2) is 47.2 Å². The van der Waals surface area contributed by atoms with Crippen molar-refractivity contribution in [3.05, 3.63) is 59.4 Å². The van der Waals surface area contributed by atoms with Gasteiger partial charge in [-0.25, -0.2) is 23.1 Å². The molecule has 0 bridgehead atoms. The van der Waals surface area contributed by atoms with Gasteiger partial charge < -0.3 is 15.4 Å². The molecule has 1 aliphatic carbocycles. The van der Waals surface area contributed by atoms with E-state index in [1.165, 1.54) is 23.5 Å². The van der Waals surface area contributed by atoms with Crippen molar-refractivity contribution in [3.8, 4) is 16.6 Å². The first-order valence-corrected chi connectivity index (χ1v) is 13.1. The molecule has 4 aromatic rings. The highest BCUT2D eigenvalue weighted by Gasteiger charge is 2.33. The van der Waals surface area contributed by atoms with Crippen molar-refractivity contribution in [3.63, 3.8) is 0 Å². The first kappa shape index (κ1) is 22.5. The number of aromatic amines is 1. The molecule has 1 aliphatic rings. The average molecular weight is 495 g/mol. The summed E-state index contributed by atoms with van der Waals surface area (Å²) in [7, 11) is -3.70. The van der Waals surface area contributed by atoms with Gasteiger partial charge in [-0.3, -0.25) is 0 Å². The third-order valence-electron chi connectivity index (χ3n) is 5.82. The van der Waals surface area contributed by atoms with Crippen molar-refractivity contribution in [1.29, 1.82) is 5.26 Å². The summed E-state index contributed by atoms with van der Waals surface area (Å²) in [5.41, 5.74) is 3.68. The van der Waals surface area contributed by atoms with E-state index in [0.29, 0.717) is 24.8 Å². The Balaban J connectivity index is 1.32. The normalized spacial score (nSPS) is 17.9. The maximum atomic E-state index is 12.7. The number of nitriles is 1. The Kier molecular flexibility index (Phi) is 6.05. The summed E-state index contributed by atoms with van der Waals surface area (Å²) in [6.45, 7) is 0.0452. The van der Waals surface area contributed by atoms with Crippen LogP contribution in [0.1, 0.15) is 24.1 Å². The maximum Gasteiger partial charge on any atom is 0.240 e. The van der Waals surface area contributed by atoms with Gasteiger partial charge in [0.05, 0.1) is 33.5 Å². The fraction of sp³-hybridized carbons (Fsp3) is 0.261. The van der Waals surface area contributed by atoms with Gasteiger partial charge in [0, 0.05) is 48.3 Å². The minimum Gasteiger partial charge on any atom is -0.396 e. The highest BCUT2D eigenvalue weighted by atomic mass is 32.2. The number of anilines is 1. The zero-order chi connectivity index (χ0) is 23.7. The van der Waals surface area contributed by atoms with Gasteiger partial charge in [0.1, 0.15) is 10.7 Å². The van der Waals surface area contributed by atoms with Gasteiger partial charge in [-0.15, -0.1) is 11.3 Å². The molecule has 0 atom stereocenters. The summed E-state index contributed by atoms with van der Waals surface area (Å²) < 4.78 is 28.2. The molecular formula is C23H22N6O3S2. The second kappa shape index (κ2) is 9.15. The molecular weight excluding hydrogens is 472 g/mol. The number of H-pyrrole nitrogens is 1. The Morgan fingerprint density at radius 3 is 2.91 bits per heavy atom. The molecule has 1 aromatic carbocycles. The molecule has 0 aliphatic heterocycles. The van der Waals surface area contributed by atoms with Crippen LogP contribution in [0.2, 0.25) is 0 Å². The lowest BCUT2D eigenvalue weighted by Gasteiger charge is -2.37. The van der Waals surface area contributed by atoms with Crippen LogP contribution in [0, 0.1) is 11.3 Å². The fourth-order valence-corrected chi connectivity index (χ4v) is 6.22. The molecule has 1 saturated carbocycles. The molecule has 1 fully saturated rings. The number of thiazole rings is 1. The molecule has 0 amide bonds. The van der Waals surface area contributed by atoms with Crippen molar-refractivity contribution >= 4 is 38.1 Å². The van der Waals surface area contributed by atoms with Gasteiger partial charge in [0.2, 0.25) is 10.0 Å². The van der Waals surface area contributed by atoms with Crippen molar-refractivity contribution in [1.82, 2.24) is 19.7 Å². The van der Waals surface area contributed by atoms with Gasteiger partial charge in [0.25, 0.3) is 0 Å². The fourth-order valence-electron chi connectivity index (χ4n) is 4.04. The molecule has 0 radical (unpaired) electrons. The Bertz CT molecular complexity index is 1480.